The van der Waals surface area contributed by atoms with Crippen LogP contribution in [-0.2, 0) is 0 Å². The standard InChI is InChI=1S/C14H10N2OS/c15-9-10-1-5-12(6-2-10)16-14(17)11-3-7-13(18)8-4-11/h1-8,18H,(H,16,17). The van der Waals surface area contributed by atoms with Gasteiger partial charge in [-0.05, 0) is 48.5 Å². The molecule has 18 heavy (non-hydrogen) atoms. The van der Waals surface area contributed by atoms with Gasteiger partial charge < -0.3 is 5.32 Å². The number of amides is 1. The summed E-state index contributed by atoms with van der Waals surface area (Å²) in [5, 5.41) is 11.4. The van der Waals surface area contributed by atoms with Crippen molar-refractivity contribution in [1.82, 2.24) is 0 Å². The van der Waals surface area contributed by atoms with Gasteiger partial charge in [0.1, 0.15) is 0 Å². The third-order valence-electron chi connectivity index (χ3n) is 2.40. The van der Waals surface area contributed by atoms with E-state index in [4.69, 9.17) is 5.26 Å². The zero-order chi connectivity index (χ0) is 13.0. The SMILES string of the molecule is N#Cc1ccc(NC(=O)c2ccc(S)cc2)cc1. The Morgan fingerprint density at radius 2 is 1.67 bits per heavy atom. The Bertz CT molecular complexity index is 597. The lowest BCUT2D eigenvalue weighted by Gasteiger charge is -2.05. The predicted molar refractivity (Wildman–Crippen MR) is 72.8 cm³/mol. The Morgan fingerprint density at radius 1 is 1.06 bits per heavy atom. The second kappa shape index (κ2) is 5.39. The summed E-state index contributed by atoms with van der Waals surface area (Å²) >= 11 is 4.16. The maximum atomic E-state index is 11.9. The van der Waals surface area contributed by atoms with Crippen LogP contribution in [0.1, 0.15) is 15.9 Å². The quantitative estimate of drug-likeness (QED) is 0.809. The molecular formula is C14H10N2OS. The smallest absolute Gasteiger partial charge is 0.255 e. The molecule has 4 heteroatoms. The number of nitrogens with one attached hydrogen (secondary N) is 1. The summed E-state index contributed by atoms with van der Waals surface area (Å²) in [5.41, 5.74) is 1.79. The zero-order valence-electron chi connectivity index (χ0n) is 9.42. The summed E-state index contributed by atoms with van der Waals surface area (Å²) in [5.74, 6) is -0.187. The van der Waals surface area contributed by atoms with Crippen molar-refractivity contribution in [3.63, 3.8) is 0 Å². The van der Waals surface area contributed by atoms with Gasteiger partial charge in [-0.1, -0.05) is 0 Å². The summed E-state index contributed by atoms with van der Waals surface area (Å²) in [4.78, 5) is 12.7. The fraction of sp³-hybridized carbons (Fsp3) is 0. The van der Waals surface area contributed by atoms with E-state index in [2.05, 4.69) is 17.9 Å². The van der Waals surface area contributed by atoms with E-state index in [9.17, 15) is 4.79 Å². The number of thiol groups is 1. The molecule has 0 bridgehead atoms. The molecule has 0 aliphatic rings. The molecule has 1 N–H and O–H groups in total. The molecule has 0 unspecified atom stereocenters. The van der Waals surface area contributed by atoms with Crippen LogP contribution >= 0.6 is 12.6 Å². The molecule has 0 saturated heterocycles. The predicted octanol–water partition coefficient (Wildman–Crippen LogP) is 3.10. The van der Waals surface area contributed by atoms with Crippen molar-refractivity contribution in [3.8, 4) is 6.07 Å². The maximum Gasteiger partial charge on any atom is 0.255 e. The van der Waals surface area contributed by atoms with Gasteiger partial charge in [-0.2, -0.15) is 5.26 Å². The molecule has 2 aromatic carbocycles. The maximum absolute atomic E-state index is 11.9. The van der Waals surface area contributed by atoms with E-state index in [1.54, 1.807) is 48.5 Å². The van der Waals surface area contributed by atoms with Crippen LogP contribution in [0.4, 0.5) is 5.69 Å². The van der Waals surface area contributed by atoms with E-state index in [-0.39, 0.29) is 5.91 Å². The van der Waals surface area contributed by atoms with Gasteiger partial charge in [0, 0.05) is 16.1 Å². The molecule has 2 aromatic rings. The highest BCUT2D eigenvalue weighted by Gasteiger charge is 2.05. The number of carbonyl (C=O) groups excluding carboxylic acids is 1. The van der Waals surface area contributed by atoms with Crippen molar-refractivity contribution >= 4 is 24.2 Å². The highest BCUT2D eigenvalue weighted by molar-refractivity contribution is 7.80. The normalized spacial score (nSPS) is 9.56. The first kappa shape index (κ1) is 12.2. The van der Waals surface area contributed by atoms with Gasteiger partial charge in [-0.25, -0.2) is 0 Å². The average Bonchev–Trinajstić information content (AvgIpc) is 2.40. The molecule has 0 spiro atoms. The molecule has 0 atom stereocenters. The topological polar surface area (TPSA) is 52.9 Å². The average molecular weight is 254 g/mol. The number of nitrogens with zero attached hydrogens (tertiary/aromatic N) is 1. The molecule has 1 amide bonds. The highest BCUT2D eigenvalue weighted by Crippen LogP contribution is 2.12. The minimum Gasteiger partial charge on any atom is -0.322 e. The van der Waals surface area contributed by atoms with E-state index >= 15 is 0 Å². The van der Waals surface area contributed by atoms with E-state index in [0.717, 1.165) is 4.90 Å². The first-order valence-electron chi connectivity index (χ1n) is 5.29. The molecule has 0 aromatic heterocycles. The number of hydrogen-bond donors (Lipinski definition) is 2. The summed E-state index contributed by atoms with van der Waals surface area (Å²) in [7, 11) is 0. The lowest BCUT2D eigenvalue weighted by molar-refractivity contribution is 0.102. The van der Waals surface area contributed by atoms with Gasteiger partial charge in [-0.3, -0.25) is 4.79 Å². The third kappa shape index (κ3) is 2.90. The van der Waals surface area contributed by atoms with E-state index in [1.165, 1.54) is 0 Å². The monoisotopic (exact) mass is 254 g/mol. The lowest BCUT2D eigenvalue weighted by Crippen LogP contribution is -2.11. The first-order chi connectivity index (χ1) is 8.69. The largest absolute Gasteiger partial charge is 0.322 e. The van der Waals surface area contributed by atoms with Gasteiger partial charge in [0.25, 0.3) is 5.91 Å². The van der Waals surface area contributed by atoms with Crippen molar-refractivity contribution in [3.05, 3.63) is 59.7 Å². The number of anilines is 1. The van der Waals surface area contributed by atoms with Crippen molar-refractivity contribution in [2.75, 3.05) is 5.32 Å². The molecule has 88 valence electrons. The summed E-state index contributed by atoms with van der Waals surface area (Å²) < 4.78 is 0. The van der Waals surface area contributed by atoms with Crippen LogP contribution < -0.4 is 5.32 Å². The van der Waals surface area contributed by atoms with Gasteiger partial charge in [0.05, 0.1) is 11.6 Å². The van der Waals surface area contributed by atoms with Gasteiger partial charge in [-0.15, -0.1) is 12.6 Å². The number of rotatable bonds is 2. The molecule has 2 rings (SSSR count). The van der Waals surface area contributed by atoms with Crippen LogP contribution in [0.2, 0.25) is 0 Å². The molecule has 0 heterocycles. The second-order valence-corrected chi connectivity index (χ2v) is 4.21. The number of hydrogen-bond acceptors (Lipinski definition) is 3. The molecule has 0 aliphatic heterocycles. The minimum atomic E-state index is -0.187. The van der Waals surface area contributed by atoms with Crippen LogP contribution in [0.15, 0.2) is 53.4 Å². The van der Waals surface area contributed by atoms with Crippen molar-refractivity contribution in [1.29, 1.82) is 5.26 Å². The molecule has 0 aliphatic carbocycles. The Kier molecular flexibility index (Phi) is 3.66. The van der Waals surface area contributed by atoms with Gasteiger partial charge in [0.2, 0.25) is 0 Å². The van der Waals surface area contributed by atoms with E-state index in [0.29, 0.717) is 16.8 Å². The van der Waals surface area contributed by atoms with Crippen LogP contribution in [0.25, 0.3) is 0 Å². The van der Waals surface area contributed by atoms with Crippen LogP contribution in [0.5, 0.6) is 0 Å². The zero-order valence-corrected chi connectivity index (χ0v) is 10.3. The van der Waals surface area contributed by atoms with Gasteiger partial charge in [0.15, 0.2) is 0 Å². The Hall–Kier alpha value is -2.25. The Morgan fingerprint density at radius 3 is 2.22 bits per heavy atom. The van der Waals surface area contributed by atoms with Crippen LogP contribution in [0, 0.1) is 11.3 Å². The summed E-state index contributed by atoms with van der Waals surface area (Å²) in [6.45, 7) is 0. The fourth-order valence-corrected chi connectivity index (χ4v) is 1.59. The molecular weight excluding hydrogens is 244 g/mol. The number of benzene rings is 2. The third-order valence-corrected chi connectivity index (χ3v) is 2.70. The van der Waals surface area contributed by atoms with Crippen LogP contribution in [0.3, 0.4) is 0 Å². The second-order valence-electron chi connectivity index (χ2n) is 3.69. The van der Waals surface area contributed by atoms with E-state index < -0.39 is 0 Å². The van der Waals surface area contributed by atoms with Gasteiger partial charge >= 0.3 is 0 Å². The molecule has 0 fully saturated rings. The first-order valence-corrected chi connectivity index (χ1v) is 5.74. The fourth-order valence-electron chi connectivity index (χ4n) is 1.44. The minimum absolute atomic E-state index is 0.187. The number of carbonyl (C=O) groups is 1. The molecule has 0 radical (unpaired) electrons. The van der Waals surface area contributed by atoms with Crippen molar-refractivity contribution in [2.45, 2.75) is 4.90 Å². The highest BCUT2D eigenvalue weighted by atomic mass is 32.1. The summed E-state index contributed by atoms with van der Waals surface area (Å²) in [6, 6.07) is 15.7. The lowest BCUT2D eigenvalue weighted by atomic mass is 10.2. The molecule has 0 saturated carbocycles. The molecule has 3 nitrogen and oxygen atoms in total. The van der Waals surface area contributed by atoms with Crippen molar-refractivity contribution in [2.24, 2.45) is 0 Å². The number of nitriles is 1. The Balaban J connectivity index is 2.11. The van der Waals surface area contributed by atoms with E-state index in [1.807, 2.05) is 6.07 Å². The van der Waals surface area contributed by atoms with Crippen molar-refractivity contribution < 1.29 is 4.79 Å². The Labute approximate surface area is 110 Å². The summed E-state index contributed by atoms with van der Waals surface area (Å²) in [6.07, 6.45) is 0. The van der Waals surface area contributed by atoms with Crippen LogP contribution in [-0.4, -0.2) is 5.91 Å².